The minimum absolute atomic E-state index is 0.238. The number of nitrogens with zero attached hydrogens (tertiary/aromatic N) is 2. The van der Waals surface area contributed by atoms with Gasteiger partial charge in [0.2, 0.25) is 5.95 Å². The molecule has 0 bridgehead atoms. The highest BCUT2D eigenvalue weighted by Gasteiger charge is 2.11. The Morgan fingerprint density at radius 2 is 2.19 bits per heavy atom. The van der Waals surface area contributed by atoms with Crippen LogP contribution in [0.4, 0.5) is 5.95 Å². The normalized spacial score (nSPS) is 10.1. The third-order valence-corrected chi connectivity index (χ3v) is 2.27. The number of aromatic amines is 1. The number of aryl methyl sites for hydroxylation is 1. The molecule has 0 radical (unpaired) electrons. The number of carbonyl (C=O) groups excluding carboxylic acids is 1. The van der Waals surface area contributed by atoms with E-state index in [-0.39, 0.29) is 11.9 Å². The number of carbonyl (C=O) groups is 1. The molecular weight excluding hydrogens is 228 g/mol. The quantitative estimate of drug-likeness (QED) is 0.838. The maximum atomic E-state index is 11.8. The Morgan fingerprint density at radius 1 is 1.44 bits per heavy atom. The van der Waals surface area contributed by atoms with E-state index in [0.29, 0.717) is 16.4 Å². The maximum absolute atomic E-state index is 11.8. The average Bonchev–Trinajstić information content (AvgIpc) is 2.64. The summed E-state index contributed by atoms with van der Waals surface area (Å²) in [6.07, 6.45) is 0. The Labute approximate surface area is 96.8 Å². The van der Waals surface area contributed by atoms with E-state index in [0.717, 1.165) is 0 Å². The molecule has 0 fully saturated rings. The smallest absolute Gasteiger partial charge is 0.259 e. The average molecular weight is 237 g/mol. The van der Waals surface area contributed by atoms with Gasteiger partial charge < -0.3 is 0 Å². The second-order valence-electron chi connectivity index (χ2n) is 3.18. The summed E-state index contributed by atoms with van der Waals surface area (Å²) in [6, 6.07) is 6.79. The predicted octanol–water partition coefficient (Wildman–Crippen LogP) is 2.02. The number of hydrogen-bond acceptors (Lipinski definition) is 3. The van der Waals surface area contributed by atoms with Crippen LogP contribution in [0.25, 0.3) is 0 Å². The van der Waals surface area contributed by atoms with Gasteiger partial charge in [0.05, 0.1) is 10.6 Å². The van der Waals surface area contributed by atoms with Crippen LogP contribution in [0.2, 0.25) is 5.02 Å². The van der Waals surface area contributed by atoms with E-state index in [1.165, 1.54) is 0 Å². The second-order valence-corrected chi connectivity index (χ2v) is 3.59. The van der Waals surface area contributed by atoms with E-state index < -0.39 is 0 Å². The van der Waals surface area contributed by atoms with Crippen molar-refractivity contribution in [2.75, 3.05) is 5.32 Å². The first-order valence-electron chi connectivity index (χ1n) is 4.61. The second kappa shape index (κ2) is 4.32. The maximum Gasteiger partial charge on any atom is 0.259 e. The summed E-state index contributed by atoms with van der Waals surface area (Å²) in [5, 5.41) is 9.37. The molecule has 5 nitrogen and oxygen atoms in total. The largest absolute Gasteiger partial charge is 0.289 e. The monoisotopic (exact) mass is 236 g/mol. The zero-order valence-corrected chi connectivity index (χ0v) is 9.25. The zero-order valence-electron chi connectivity index (χ0n) is 8.49. The van der Waals surface area contributed by atoms with Gasteiger partial charge in [0.15, 0.2) is 0 Å². The fourth-order valence-electron chi connectivity index (χ4n) is 1.21. The molecule has 0 unspecified atom stereocenters. The summed E-state index contributed by atoms with van der Waals surface area (Å²) < 4.78 is 0. The number of aromatic nitrogens is 3. The van der Waals surface area contributed by atoms with Crippen molar-refractivity contribution in [3.8, 4) is 0 Å². The molecule has 2 N–H and O–H groups in total. The lowest BCUT2D eigenvalue weighted by atomic mass is 10.2. The van der Waals surface area contributed by atoms with Crippen molar-refractivity contribution in [3.05, 3.63) is 40.7 Å². The van der Waals surface area contributed by atoms with Gasteiger partial charge in [-0.25, -0.2) is 0 Å². The number of anilines is 1. The third kappa shape index (κ3) is 2.20. The number of hydrogen-bond donors (Lipinski definition) is 2. The third-order valence-electron chi connectivity index (χ3n) is 1.94. The summed E-state index contributed by atoms with van der Waals surface area (Å²) in [4.78, 5) is 15.7. The zero-order chi connectivity index (χ0) is 11.5. The number of nitrogens with one attached hydrogen (secondary N) is 2. The first kappa shape index (κ1) is 10.6. The van der Waals surface area contributed by atoms with Crippen molar-refractivity contribution in [2.24, 2.45) is 0 Å². The van der Waals surface area contributed by atoms with Crippen molar-refractivity contribution in [1.82, 2.24) is 15.2 Å². The Morgan fingerprint density at radius 3 is 2.81 bits per heavy atom. The topological polar surface area (TPSA) is 70.7 Å². The van der Waals surface area contributed by atoms with Crippen molar-refractivity contribution in [1.29, 1.82) is 0 Å². The van der Waals surface area contributed by atoms with E-state index in [9.17, 15) is 4.79 Å². The van der Waals surface area contributed by atoms with E-state index in [1.807, 2.05) is 0 Å². The van der Waals surface area contributed by atoms with Crippen LogP contribution < -0.4 is 5.32 Å². The van der Waals surface area contributed by atoms with E-state index in [4.69, 9.17) is 11.6 Å². The van der Waals surface area contributed by atoms with Crippen molar-refractivity contribution in [3.63, 3.8) is 0 Å². The molecule has 0 aliphatic heterocycles. The number of H-pyrrole nitrogens is 1. The lowest BCUT2D eigenvalue weighted by molar-refractivity contribution is 0.102. The Hall–Kier alpha value is -1.88. The summed E-state index contributed by atoms with van der Waals surface area (Å²) in [7, 11) is 0. The SMILES string of the molecule is Cc1nc(NC(=O)c2ccccc2Cl)n[nH]1. The van der Waals surface area contributed by atoms with Gasteiger partial charge in [0, 0.05) is 0 Å². The molecule has 82 valence electrons. The van der Waals surface area contributed by atoms with Crippen LogP contribution in [-0.2, 0) is 0 Å². The first-order valence-corrected chi connectivity index (χ1v) is 4.99. The van der Waals surface area contributed by atoms with Gasteiger partial charge in [-0.3, -0.25) is 15.2 Å². The van der Waals surface area contributed by atoms with Crippen LogP contribution in [-0.4, -0.2) is 21.1 Å². The number of rotatable bonds is 2. The molecule has 1 aromatic heterocycles. The summed E-state index contributed by atoms with van der Waals surface area (Å²) in [6.45, 7) is 1.75. The minimum Gasteiger partial charge on any atom is -0.289 e. The predicted molar refractivity (Wildman–Crippen MR) is 60.5 cm³/mol. The summed E-state index contributed by atoms with van der Waals surface area (Å²) in [5.41, 5.74) is 0.395. The molecule has 0 aliphatic carbocycles. The van der Waals surface area contributed by atoms with Crippen LogP contribution in [0.3, 0.4) is 0 Å². The molecule has 1 heterocycles. The van der Waals surface area contributed by atoms with E-state index in [2.05, 4.69) is 20.5 Å². The van der Waals surface area contributed by atoms with E-state index >= 15 is 0 Å². The van der Waals surface area contributed by atoms with Gasteiger partial charge >= 0.3 is 0 Å². The van der Waals surface area contributed by atoms with Crippen LogP contribution >= 0.6 is 11.6 Å². The molecule has 6 heteroatoms. The number of halogens is 1. The molecule has 1 amide bonds. The van der Waals surface area contributed by atoms with Gasteiger partial charge in [0.1, 0.15) is 5.82 Å². The van der Waals surface area contributed by atoms with Gasteiger partial charge in [-0.15, -0.1) is 5.10 Å². The Kier molecular flexibility index (Phi) is 2.87. The van der Waals surface area contributed by atoms with Crippen LogP contribution in [0.5, 0.6) is 0 Å². The fourth-order valence-corrected chi connectivity index (χ4v) is 1.43. The fraction of sp³-hybridized carbons (Fsp3) is 0.100. The summed E-state index contributed by atoms with van der Waals surface area (Å²) >= 11 is 5.88. The highest BCUT2D eigenvalue weighted by molar-refractivity contribution is 6.34. The molecule has 16 heavy (non-hydrogen) atoms. The van der Waals surface area contributed by atoms with Gasteiger partial charge in [0.25, 0.3) is 5.91 Å². The highest BCUT2D eigenvalue weighted by Crippen LogP contribution is 2.15. The van der Waals surface area contributed by atoms with Crippen LogP contribution in [0.1, 0.15) is 16.2 Å². The van der Waals surface area contributed by atoms with Gasteiger partial charge in [-0.1, -0.05) is 23.7 Å². The number of amides is 1. The van der Waals surface area contributed by atoms with Gasteiger partial charge in [-0.2, -0.15) is 4.98 Å². The Bertz CT molecular complexity index is 523. The highest BCUT2D eigenvalue weighted by atomic mass is 35.5. The Balaban J connectivity index is 2.18. The molecule has 2 aromatic rings. The number of benzene rings is 1. The summed E-state index contributed by atoms with van der Waals surface area (Å²) in [5.74, 6) is 0.543. The minimum atomic E-state index is -0.329. The molecule has 0 spiro atoms. The molecule has 0 aliphatic rings. The van der Waals surface area contributed by atoms with Gasteiger partial charge in [-0.05, 0) is 19.1 Å². The van der Waals surface area contributed by atoms with Crippen molar-refractivity contribution < 1.29 is 4.79 Å². The molecule has 0 atom stereocenters. The molecule has 0 saturated carbocycles. The molecule has 1 aromatic carbocycles. The van der Waals surface area contributed by atoms with Crippen LogP contribution in [0, 0.1) is 6.92 Å². The molecular formula is C10H9ClN4O. The lowest BCUT2D eigenvalue weighted by Crippen LogP contribution is -2.13. The van der Waals surface area contributed by atoms with Crippen molar-refractivity contribution in [2.45, 2.75) is 6.92 Å². The first-order chi connectivity index (χ1) is 7.66. The van der Waals surface area contributed by atoms with Crippen molar-refractivity contribution >= 4 is 23.5 Å². The lowest BCUT2D eigenvalue weighted by Gasteiger charge is -2.02. The molecule has 0 saturated heterocycles. The standard InChI is InChI=1S/C10H9ClN4O/c1-6-12-10(15-14-6)13-9(16)7-4-2-3-5-8(7)11/h2-5H,1H3,(H2,12,13,14,15,16). The van der Waals surface area contributed by atoms with Crippen LogP contribution in [0.15, 0.2) is 24.3 Å². The van der Waals surface area contributed by atoms with E-state index in [1.54, 1.807) is 31.2 Å². The molecule has 2 rings (SSSR count).